The van der Waals surface area contributed by atoms with Gasteiger partial charge < -0.3 is 15.5 Å². The van der Waals surface area contributed by atoms with Gasteiger partial charge in [0.15, 0.2) is 5.96 Å². The van der Waals surface area contributed by atoms with Gasteiger partial charge in [0, 0.05) is 45.0 Å². The Bertz CT molecular complexity index is 963. The predicted molar refractivity (Wildman–Crippen MR) is 140 cm³/mol. The van der Waals surface area contributed by atoms with Gasteiger partial charge >= 0.3 is 6.03 Å². The number of nitrogens with one attached hydrogen (secondary N) is 2. The number of rotatable bonds is 9. The van der Waals surface area contributed by atoms with Crippen molar-refractivity contribution < 1.29 is 9.59 Å². The zero-order valence-electron chi connectivity index (χ0n) is 19.7. The number of halogens is 1. The first-order valence-electron chi connectivity index (χ1n) is 11.1. The van der Waals surface area contributed by atoms with Gasteiger partial charge in [-0.05, 0) is 38.8 Å². The number of benzene rings is 1. The van der Waals surface area contributed by atoms with Crippen LogP contribution in [0.2, 0.25) is 0 Å². The molecule has 2 N–H and O–H groups in total. The topological polar surface area (TPSA) is 94.9 Å². The number of aliphatic imine (C=N–C) groups is 1. The Hall–Kier alpha value is -2.63. The second-order valence-electron chi connectivity index (χ2n) is 8.15. The first-order chi connectivity index (χ1) is 15.4. The van der Waals surface area contributed by atoms with Crippen molar-refractivity contribution in [1.82, 2.24) is 30.2 Å². The standard InChI is InChI=1S/C23H33N7O2.HI/c1-5-23(3)20(31)29(22(32)27-23)14-10-13-25-21(24-6-2)28(4)16-18-15-26-30(17-18)19-11-8-7-9-12-19;/h7-9,11-12,15,17H,5-6,10,13-14,16H2,1-4H3,(H,24,25)(H,27,32);1H. The molecule has 33 heavy (non-hydrogen) atoms. The molecule has 180 valence electrons. The van der Waals surface area contributed by atoms with Crippen LogP contribution < -0.4 is 10.6 Å². The van der Waals surface area contributed by atoms with E-state index in [9.17, 15) is 9.59 Å². The Kier molecular flexibility index (Phi) is 9.69. The van der Waals surface area contributed by atoms with Crippen molar-refractivity contribution in [3.63, 3.8) is 0 Å². The Morgan fingerprint density at radius 2 is 1.97 bits per heavy atom. The number of urea groups is 1. The fourth-order valence-electron chi connectivity index (χ4n) is 3.59. The Labute approximate surface area is 212 Å². The summed E-state index contributed by atoms with van der Waals surface area (Å²) >= 11 is 0. The average molecular weight is 567 g/mol. The van der Waals surface area contributed by atoms with E-state index in [4.69, 9.17) is 0 Å². The van der Waals surface area contributed by atoms with Crippen molar-refractivity contribution in [3.8, 4) is 5.69 Å². The number of hydrogen-bond acceptors (Lipinski definition) is 4. The van der Waals surface area contributed by atoms with E-state index in [1.165, 1.54) is 4.90 Å². The molecule has 0 saturated carbocycles. The fraction of sp³-hybridized carbons (Fsp3) is 0.478. The SMILES string of the molecule is CCNC(=NCCCN1C(=O)NC(C)(CC)C1=O)N(C)Cc1cnn(-c2ccccc2)c1.I. The molecular weight excluding hydrogens is 533 g/mol. The third-order valence-corrected chi connectivity index (χ3v) is 5.63. The van der Waals surface area contributed by atoms with Crippen LogP contribution in [0.3, 0.4) is 0 Å². The summed E-state index contributed by atoms with van der Waals surface area (Å²) in [5.74, 6) is 0.615. The van der Waals surface area contributed by atoms with Gasteiger partial charge in [0.05, 0.1) is 11.9 Å². The van der Waals surface area contributed by atoms with E-state index in [-0.39, 0.29) is 35.9 Å². The molecule has 1 aromatic carbocycles. The molecule has 0 radical (unpaired) electrons. The summed E-state index contributed by atoms with van der Waals surface area (Å²) in [4.78, 5) is 32.6. The Balaban J connectivity index is 0.00000385. The molecule has 1 aliphatic heterocycles. The number of imide groups is 1. The van der Waals surface area contributed by atoms with Crippen molar-refractivity contribution >= 4 is 41.9 Å². The fourth-order valence-corrected chi connectivity index (χ4v) is 3.59. The van der Waals surface area contributed by atoms with Crippen LogP contribution in [0.4, 0.5) is 4.79 Å². The minimum absolute atomic E-state index is 0. The summed E-state index contributed by atoms with van der Waals surface area (Å²) in [6, 6.07) is 9.67. The maximum atomic E-state index is 12.5. The van der Waals surface area contributed by atoms with Gasteiger partial charge in [-0.1, -0.05) is 25.1 Å². The predicted octanol–water partition coefficient (Wildman–Crippen LogP) is 3.00. The zero-order chi connectivity index (χ0) is 23.1. The van der Waals surface area contributed by atoms with Gasteiger partial charge in [0.1, 0.15) is 5.54 Å². The minimum atomic E-state index is -0.792. The summed E-state index contributed by atoms with van der Waals surface area (Å²) in [6.07, 6.45) is 5.04. The number of carbonyl (C=O) groups is 2. The molecule has 0 spiro atoms. The van der Waals surface area contributed by atoms with Crippen LogP contribution >= 0.6 is 24.0 Å². The van der Waals surface area contributed by atoms with Crippen molar-refractivity contribution in [3.05, 3.63) is 48.3 Å². The van der Waals surface area contributed by atoms with Crippen LogP contribution in [-0.4, -0.2) is 69.7 Å². The molecule has 1 aromatic heterocycles. The second kappa shape index (κ2) is 12.0. The maximum Gasteiger partial charge on any atom is 0.325 e. The number of amides is 3. The monoisotopic (exact) mass is 567 g/mol. The van der Waals surface area contributed by atoms with Gasteiger partial charge in [-0.25, -0.2) is 9.48 Å². The van der Waals surface area contributed by atoms with E-state index in [1.807, 2.05) is 73.2 Å². The lowest BCUT2D eigenvalue weighted by atomic mass is 9.99. The van der Waals surface area contributed by atoms with Crippen LogP contribution in [0, 0.1) is 0 Å². The van der Waals surface area contributed by atoms with Crippen molar-refractivity contribution in [2.75, 3.05) is 26.7 Å². The van der Waals surface area contributed by atoms with Crippen LogP contribution in [0.5, 0.6) is 0 Å². The van der Waals surface area contributed by atoms with Gasteiger partial charge in [-0.3, -0.25) is 14.7 Å². The molecule has 1 aliphatic rings. The smallest absolute Gasteiger partial charge is 0.325 e. The molecule has 1 unspecified atom stereocenters. The van der Waals surface area contributed by atoms with Crippen molar-refractivity contribution in [2.24, 2.45) is 4.99 Å². The van der Waals surface area contributed by atoms with Gasteiger partial charge in [0.2, 0.25) is 0 Å². The molecule has 2 heterocycles. The largest absolute Gasteiger partial charge is 0.357 e. The highest BCUT2D eigenvalue weighted by Crippen LogP contribution is 2.20. The molecule has 3 amide bonds. The zero-order valence-corrected chi connectivity index (χ0v) is 22.1. The third-order valence-electron chi connectivity index (χ3n) is 5.63. The number of nitrogens with zero attached hydrogens (tertiary/aromatic N) is 5. The Morgan fingerprint density at radius 1 is 1.24 bits per heavy atom. The van der Waals surface area contributed by atoms with Gasteiger partial charge in [-0.2, -0.15) is 5.10 Å². The van der Waals surface area contributed by atoms with E-state index in [1.54, 1.807) is 6.92 Å². The first kappa shape index (κ1) is 26.6. The van der Waals surface area contributed by atoms with Gasteiger partial charge in [-0.15, -0.1) is 24.0 Å². The number of guanidine groups is 1. The number of carbonyl (C=O) groups excluding carboxylic acids is 2. The summed E-state index contributed by atoms with van der Waals surface area (Å²) in [6.45, 7) is 7.95. The van der Waals surface area contributed by atoms with Crippen LogP contribution in [-0.2, 0) is 11.3 Å². The molecule has 1 fully saturated rings. The summed E-state index contributed by atoms with van der Waals surface area (Å²) < 4.78 is 1.86. The molecule has 0 aliphatic carbocycles. The second-order valence-corrected chi connectivity index (χ2v) is 8.15. The summed E-state index contributed by atoms with van der Waals surface area (Å²) in [7, 11) is 1.98. The van der Waals surface area contributed by atoms with Crippen molar-refractivity contribution in [2.45, 2.75) is 45.7 Å². The third kappa shape index (κ3) is 6.46. The lowest BCUT2D eigenvalue weighted by Gasteiger charge is -2.21. The molecule has 1 saturated heterocycles. The lowest BCUT2D eigenvalue weighted by molar-refractivity contribution is -0.130. The van der Waals surface area contributed by atoms with E-state index in [2.05, 4.69) is 20.7 Å². The normalized spacial score (nSPS) is 18.2. The molecule has 0 bridgehead atoms. The number of para-hydroxylation sites is 1. The lowest BCUT2D eigenvalue weighted by Crippen LogP contribution is -2.43. The molecule has 10 heteroatoms. The highest BCUT2D eigenvalue weighted by Gasteiger charge is 2.45. The van der Waals surface area contributed by atoms with E-state index in [0.29, 0.717) is 32.5 Å². The van der Waals surface area contributed by atoms with Crippen LogP contribution in [0.1, 0.15) is 39.2 Å². The maximum absolute atomic E-state index is 12.5. The highest BCUT2D eigenvalue weighted by atomic mass is 127. The number of hydrogen-bond donors (Lipinski definition) is 2. The highest BCUT2D eigenvalue weighted by molar-refractivity contribution is 14.0. The quantitative estimate of drug-likeness (QED) is 0.160. The molecule has 1 atom stereocenters. The molecular formula is C23H34IN7O2. The summed E-state index contributed by atoms with van der Waals surface area (Å²) in [5, 5.41) is 10.5. The van der Waals surface area contributed by atoms with Gasteiger partial charge in [0.25, 0.3) is 5.91 Å². The average Bonchev–Trinajstić information content (AvgIpc) is 3.34. The minimum Gasteiger partial charge on any atom is -0.357 e. The van der Waals surface area contributed by atoms with Crippen LogP contribution in [0.15, 0.2) is 47.7 Å². The number of aromatic nitrogens is 2. The van der Waals surface area contributed by atoms with Crippen LogP contribution in [0.25, 0.3) is 5.69 Å². The molecule has 3 rings (SSSR count). The van der Waals surface area contributed by atoms with E-state index >= 15 is 0 Å². The molecule has 9 nitrogen and oxygen atoms in total. The van der Waals surface area contributed by atoms with Crippen molar-refractivity contribution in [1.29, 1.82) is 0 Å². The molecule has 2 aromatic rings. The first-order valence-corrected chi connectivity index (χ1v) is 11.1. The summed E-state index contributed by atoms with van der Waals surface area (Å²) in [5.41, 5.74) is 1.29. The van der Waals surface area contributed by atoms with E-state index < -0.39 is 5.54 Å². The Morgan fingerprint density at radius 3 is 2.61 bits per heavy atom. The van der Waals surface area contributed by atoms with E-state index in [0.717, 1.165) is 23.8 Å².